The molecule has 0 heterocycles. The number of nitrogens with zero attached hydrogens (tertiary/aromatic N) is 2. The molecule has 0 unspecified atom stereocenters. The number of hydrogen-bond acceptors (Lipinski definition) is 4. The van der Waals surface area contributed by atoms with Crippen molar-refractivity contribution < 1.29 is 26.8 Å². The number of rotatable bonds is 13. The third-order valence-electron chi connectivity index (χ3n) is 5.71. The molecular weight excluding hydrogens is 488 g/mol. The molecule has 0 bridgehead atoms. The van der Waals surface area contributed by atoms with E-state index in [0.29, 0.717) is 13.0 Å². The molecule has 0 saturated carbocycles. The molecule has 0 radical (unpaired) electrons. The lowest BCUT2D eigenvalue weighted by molar-refractivity contribution is -0.141. The number of carbonyl (C=O) groups excluding carboxylic acids is 2. The number of benzene rings is 2. The van der Waals surface area contributed by atoms with Crippen LogP contribution in [0, 0.1) is 18.6 Å². The van der Waals surface area contributed by atoms with E-state index in [1.54, 1.807) is 0 Å². The number of nitrogens with one attached hydrogen (secondary N) is 1. The van der Waals surface area contributed by atoms with Crippen molar-refractivity contribution in [2.24, 2.45) is 0 Å². The minimum Gasteiger partial charge on any atom is -0.354 e. The highest BCUT2D eigenvalue weighted by Gasteiger charge is 2.28. The van der Waals surface area contributed by atoms with Crippen LogP contribution in [0.1, 0.15) is 50.7 Å². The van der Waals surface area contributed by atoms with Crippen LogP contribution in [-0.4, -0.2) is 50.5 Å². The van der Waals surface area contributed by atoms with E-state index in [4.69, 9.17) is 0 Å². The minimum atomic E-state index is -3.81. The second-order valence-electron chi connectivity index (χ2n) is 8.76. The Kier molecular flexibility index (Phi) is 10.8. The maximum Gasteiger partial charge on any atom is 0.242 e. The van der Waals surface area contributed by atoms with E-state index >= 15 is 0 Å². The zero-order chi connectivity index (χ0) is 26.9. The summed E-state index contributed by atoms with van der Waals surface area (Å²) >= 11 is 0. The lowest BCUT2D eigenvalue weighted by atomic mass is 10.1. The van der Waals surface area contributed by atoms with Crippen LogP contribution in [0.5, 0.6) is 0 Å². The van der Waals surface area contributed by atoms with Gasteiger partial charge in [-0.15, -0.1) is 0 Å². The van der Waals surface area contributed by atoms with E-state index in [9.17, 15) is 26.8 Å². The van der Waals surface area contributed by atoms with Gasteiger partial charge in [0, 0.05) is 32.1 Å². The summed E-state index contributed by atoms with van der Waals surface area (Å²) < 4.78 is 52.6. The molecule has 1 N–H and O–H groups in total. The van der Waals surface area contributed by atoms with Gasteiger partial charge in [0.2, 0.25) is 21.8 Å². The summed E-state index contributed by atoms with van der Waals surface area (Å²) in [4.78, 5) is 27.7. The summed E-state index contributed by atoms with van der Waals surface area (Å²) in [6, 6.07) is 9.84. The second kappa shape index (κ2) is 13.3. The SMILES string of the molecule is CCCNC(=O)[C@@H](CC)N(Cc1cccc(C)c1)C(=O)CCCN(c1ccc(F)c(F)c1)S(C)(=O)=O. The van der Waals surface area contributed by atoms with Crippen LogP contribution < -0.4 is 9.62 Å². The van der Waals surface area contributed by atoms with Crippen molar-refractivity contribution in [2.75, 3.05) is 23.7 Å². The lowest BCUT2D eigenvalue weighted by Gasteiger charge is -2.31. The monoisotopic (exact) mass is 523 g/mol. The van der Waals surface area contributed by atoms with Crippen molar-refractivity contribution in [3.8, 4) is 0 Å². The first-order chi connectivity index (χ1) is 17.0. The molecule has 0 aliphatic heterocycles. The first-order valence-electron chi connectivity index (χ1n) is 12.0. The van der Waals surface area contributed by atoms with Crippen molar-refractivity contribution >= 4 is 27.5 Å². The van der Waals surface area contributed by atoms with Gasteiger partial charge in [0.05, 0.1) is 11.9 Å². The molecule has 2 aromatic carbocycles. The molecule has 0 aromatic heterocycles. The number of anilines is 1. The van der Waals surface area contributed by atoms with Gasteiger partial charge in [-0.1, -0.05) is 43.7 Å². The molecule has 10 heteroatoms. The summed E-state index contributed by atoms with van der Waals surface area (Å²) in [6.07, 6.45) is 2.24. The van der Waals surface area contributed by atoms with E-state index < -0.39 is 27.7 Å². The van der Waals surface area contributed by atoms with E-state index in [0.717, 1.165) is 40.2 Å². The smallest absolute Gasteiger partial charge is 0.242 e. The predicted octanol–water partition coefficient (Wildman–Crippen LogP) is 4.15. The van der Waals surface area contributed by atoms with E-state index in [2.05, 4.69) is 5.32 Å². The Morgan fingerprint density at radius 1 is 1.06 bits per heavy atom. The van der Waals surface area contributed by atoms with Crippen molar-refractivity contribution in [2.45, 2.75) is 59.0 Å². The van der Waals surface area contributed by atoms with Crippen LogP contribution in [0.2, 0.25) is 0 Å². The van der Waals surface area contributed by atoms with Crippen LogP contribution in [-0.2, 0) is 26.2 Å². The van der Waals surface area contributed by atoms with E-state index in [-0.39, 0.29) is 43.4 Å². The molecule has 7 nitrogen and oxygen atoms in total. The third-order valence-corrected chi connectivity index (χ3v) is 6.91. The topological polar surface area (TPSA) is 86.8 Å². The number of sulfonamides is 1. The molecule has 0 saturated heterocycles. The molecule has 1 atom stereocenters. The molecule has 36 heavy (non-hydrogen) atoms. The lowest BCUT2D eigenvalue weighted by Crippen LogP contribution is -2.49. The van der Waals surface area contributed by atoms with Crippen molar-refractivity contribution in [1.29, 1.82) is 0 Å². The molecule has 0 aliphatic carbocycles. The van der Waals surface area contributed by atoms with Gasteiger partial charge >= 0.3 is 0 Å². The van der Waals surface area contributed by atoms with Crippen molar-refractivity contribution in [3.63, 3.8) is 0 Å². The van der Waals surface area contributed by atoms with Crippen molar-refractivity contribution in [1.82, 2.24) is 10.2 Å². The van der Waals surface area contributed by atoms with Gasteiger partial charge < -0.3 is 10.2 Å². The Balaban J connectivity index is 2.22. The van der Waals surface area contributed by atoms with Gasteiger partial charge in [-0.05, 0) is 43.9 Å². The fourth-order valence-corrected chi connectivity index (χ4v) is 4.89. The van der Waals surface area contributed by atoms with Gasteiger partial charge in [-0.3, -0.25) is 13.9 Å². The van der Waals surface area contributed by atoms with Crippen molar-refractivity contribution in [3.05, 3.63) is 65.2 Å². The zero-order valence-electron chi connectivity index (χ0n) is 21.3. The molecule has 2 rings (SSSR count). The molecule has 0 spiro atoms. The van der Waals surface area contributed by atoms with Crippen LogP contribution >= 0.6 is 0 Å². The maximum atomic E-state index is 13.7. The summed E-state index contributed by atoms with van der Waals surface area (Å²) in [5.41, 5.74) is 1.88. The van der Waals surface area contributed by atoms with Crippen LogP contribution in [0.4, 0.5) is 14.5 Å². The van der Waals surface area contributed by atoms with Gasteiger partial charge in [0.1, 0.15) is 6.04 Å². The van der Waals surface area contributed by atoms with Crippen LogP contribution in [0.25, 0.3) is 0 Å². The maximum absolute atomic E-state index is 13.7. The highest BCUT2D eigenvalue weighted by molar-refractivity contribution is 7.92. The quantitative estimate of drug-likeness (QED) is 0.427. The first-order valence-corrected chi connectivity index (χ1v) is 13.9. The Labute approximate surface area is 212 Å². The molecule has 0 fully saturated rings. The van der Waals surface area contributed by atoms with E-state index in [1.807, 2.05) is 45.0 Å². The molecule has 2 aromatic rings. The fourth-order valence-electron chi connectivity index (χ4n) is 3.94. The average molecular weight is 524 g/mol. The number of aryl methyl sites for hydroxylation is 1. The van der Waals surface area contributed by atoms with Crippen LogP contribution in [0.3, 0.4) is 0 Å². The zero-order valence-corrected chi connectivity index (χ0v) is 22.1. The Hall–Kier alpha value is -3.01. The average Bonchev–Trinajstić information content (AvgIpc) is 2.81. The highest BCUT2D eigenvalue weighted by atomic mass is 32.2. The number of carbonyl (C=O) groups is 2. The number of amides is 2. The molecule has 198 valence electrons. The molecule has 0 aliphatic rings. The molecular formula is C26H35F2N3O4S. The summed E-state index contributed by atoms with van der Waals surface area (Å²) in [5, 5.41) is 2.85. The van der Waals surface area contributed by atoms with E-state index in [1.165, 1.54) is 11.0 Å². The van der Waals surface area contributed by atoms with Gasteiger partial charge in [-0.2, -0.15) is 0 Å². The highest BCUT2D eigenvalue weighted by Crippen LogP contribution is 2.22. The van der Waals surface area contributed by atoms with Gasteiger partial charge in [0.15, 0.2) is 11.6 Å². The number of hydrogen-bond donors (Lipinski definition) is 1. The summed E-state index contributed by atoms with van der Waals surface area (Å²) in [5.74, 6) is -2.78. The Bertz CT molecular complexity index is 1160. The Morgan fingerprint density at radius 2 is 1.78 bits per heavy atom. The molecule has 2 amide bonds. The standard InChI is InChI=1S/C26H35F2N3O4S/c1-5-14-29-26(33)24(6-2)30(18-20-10-7-9-19(3)16-20)25(32)11-8-15-31(36(4,34)35)21-12-13-22(27)23(28)17-21/h7,9-10,12-13,16-17,24H,5-6,8,11,14-15,18H2,1-4H3,(H,29,33)/t24-/m1/s1. The first kappa shape index (κ1) is 29.2. The fraction of sp³-hybridized carbons (Fsp3) is 0.462. The largest absolute Gasteiger partial charge is 0.354 e. The summed E-state index contributed by atoms with van der Waals surface area (Å²) in [7, 11) is -3.81. The third kappa shape index (κ3) is 8.29. The number of halogens is 2. The predicted molar refractivity (Wildman–Crippen MR) is 137 cm³/mol. The van der Waals surface area contributed by atoms with Gasteiger partial charge in [-0.25, -0.2) is 17.2 Å². The normalized spacial score (nSPS) is 12.2. The summed E-state index contributed by atoms with van der Waals surface area (Å²) in [6.45, 7) is 6.35. The minimum absolute atomic E-state index is 0.0224. The Morgan fingerprint density at radius 3 is 2.36 bits per heavy atom. The van der Waals surface area contributed by atoms with Crippen LogP contribution in [0.15, 0.2) is 42.5 Å². The second-order valence-corrected chi connectivity index (χ2v) is 10.7. The van der Waals surface area contributed by atoms with Gasteiger partial charge in [0.25, 0.3) is 0 Å².